The van der Waals surface area contributed by atoms with Crippen LogP contribution in [-0.4, -0.2) is 37.5 Å². The number of aryl methyl sites for hydroxylation is 1. The standard InChI is InChI=1S/C12H13N5O4/c1-8-3-2-4-10(17(20)21)11(8)13-5-6-16-7-9(12(18)19)14-15-16/h2-4,7,13H,5-6H2,1H3,(H,18,19). The van der Waals surface area contributed by atoms with E-state index in [1.54, 1.807) is 19.1 Å². The minimum Gasteiger partial charge on any atom is -0.476 e. The van der Waals surface area contributed by atoms with Gasteiger partial charge in [-0.05, 0) is 12.5 Å². The normalized spacial score (nSPS) is 10.3. The smallest absolute Gasteiger partial charge is 0.358 e. The van der Waals surface area contributed by atoms with Gasteiger partial charge in [0.25, 0.3) is 5.69 Å². The molecule has 0 aliphatic heterocycles. The van der Waals surface area contributed by atoms with Crippen molar-refractivity contribution < 1.29 is 14.8 Å². The fourth-order valence-electron chi connectivity index (χ4n) is 1.84. The van der Waals surface area contributed by atoms with Gasteiger partial charge in [-0.3, -0.25) is 10.1 Å². The Bertz CT molecular complexity index is 682. The van der Waals surface area contributed by atoms with Gasteiger partial charge in [0.1, 0.15) is 5.69 Å². The Labute approximate surface area is 119 Å². The number of hydrogen-bond acceptors (Lipinski definition) is 6. The van der Waals surface area contributed by atoms with Crippen molar-refractivity contribution >= 4 is 17.3 Å². The SMILES string of the molecule is Cc1cccc([N+](=O)[O-])c1NCCn1cc(C(=O)O)nn1. The van der Waals surface area contributed by atoms with Crippen LogP contribution in [0.5, 0.6) is 0 Å². The number of benzene rings is 1. The molecule has 9 nitrogen and oxygen atoms in total. The minimum atomic E-state index is -1.15. The molecule has 0 aliphatic carbocycles. The monoisotopic (exact) mass is 291 g/mol. The van der Waals surface area contributed by atoms with E-state index in [4.69, 9.17) is 5.11 Å². The third-order valence-corrected chi connectivity index (χ3v) is 2.85. The summed E-state index contributed by atoms with van der Waals surface area (Å²) in [6, 6.07) is 4.82. The van der Waals surface area contributed by atoms with Crippen LogP contribution in [0, 0.1) is 17.0 Å². The molecule has 0 spiro atoms. The molecule has 0 bridgehead atoms. The van der Waals surface area contributed by atoms with Crippen molar-refractivity contribution in [2.45, 2.75) is 13.5 Å². The number of nitrogens with zero attached hydrogens (tertiary/aromatic N) is 4. The molecule has 0 fully saturated rings. The number of nitro groups is 1. The van der Waals surface area contributed by atoms with Crippen molar-refractivity contribution in [3.05, 3.63) is 45.8 Å². The van der Waals surface area contributed by atoms with E-state index in [1.807, 2.05) is 0 Å². The van der Waals surface area contributed by atoms with E-state index in [0.717, 1.165) is 5.56 Å². The number of anilines is 1. The number of carboxylic acid groups (broad SMARTS) is 1. The van der Waals surface area contributed by atoms with Gasteiger partial charge in [0.2, 0.25) is 0 Å². The highest BCUT2D eigenvalue weighted by molar-refractivity contribution is 5.84. The zero-order valence-electron chi connectivity index (χ0n) is 11.2. The van der Waals surface area contributed by atoms with Crippen LogP contribution in [0.4, 0.5) is 11.4 Å². The maximum Gasteiger partial charge on any atom is 0.358 e. The lowest BCUT2D eigenvalue weighted by Crippen LogP contribution is -2.13. The summed E-state index contributed by atoms with van der Waals surface area (Å²) in [5.74, 6) is -1.15. The van der Waals surface area contributed by atoms with Gasteiger partial charge in [0.15, 0.2) is 5.69 Å². The summed E-state index contributed by atoms with van der Waals surface area (Å²) < 4.78 is 1.36. The Balaban J connectivity index is 2.03. The summed E-state index contributed by atoms with van der Waals surface area (Å²) in [7, 11) is 0. The zero-order chi connectivity index (χ0) is 15.4. The Morgan fingerprint density at radius 2 is 2.29 bits per heavy atom. The maximum atomic E-state index is 11.0. The van der Waals surface area contributed by atoms with Crippen molar-refractivity contribution in [2.75, 3.05) is 11.9 Å². The zero-order valence-corrected chi connectivity index (χ0v) is 11.2. The molecular formula is C12H13N5O4. The summed E-state index contributed by atoms with van der Waals surface area (Å²) in [4.78, 5) is 21.2. The van der Waals surface area contributed by atoms with Crippen molar-refractivity contribution in [1.82, 2.24) is 15.0 Å². The van der Waals surface area contributed by atoms with Crippen LogP contribution >= 0.6 is 0 Å². The number of carboxylic acids is 1. The summed E-state index contributed by atoms with van der Waals surface area (Å²) in [6.07, 6.45) is 1.30. The highest BCUT2D eigenvalue weighted by Gasteiger charge is 2.15. The predicted octanol–water partition coefficient (Wildman–Crippen LogP) is 1.31. The fraction of sp³-hybridized carbons (Fsp3) is 0.250. The van der Waals surface area contributed by atoms with Crippen LogP contribution in [0.1, 0.15) is 16.1 Å². The number of carbonyl (C=O) groups is 1. The molecule has 0 radical (unpaired) electrons. The van der Waals surface area contributed by atoms with Gasteiger partial charge in [0, 0.05) is 12.6 Å². The largest absolute Gasteiger partial charge is 0.476 e. The van der Waals surface area contributed by atoms with Gasteiger partial charge >= 0.3 is 5.97 Å². The second-order valence-corrected chi connectivity index (χ2v) is 4.32. The summed E-state index contributed by atoms with van der Waals surface area (Å²) in [5.41, 5.74) is 1.06. The molecule has 0 saturated heterocycles. The highest BCUT2D eigenvalue weighted by atomic mass is 16.6. The summed E-state index contributed by atoms with van der Waals surface area (Å²) in [6.45, 7) is 2.47. The number of hydrogen-bond donors (Lipinski definition) is 2. The molecule has 1 aromatic carbocycles. The molecule has 9 heteroatoms. The predicted molar refractivity (Wildman–Crippen MR) is 73.3 cm³/mol. The quantitative estimate of drug-likeness (QED) is 0.607. The molecule has 0 amide bonds. The lowest BCUT2D eigenvalue weighted by atomic mass is 10.1. The van der Waals surface area contributed by atoms with E-state index in [1.165, 1.54) is 16.9 Å². The Morgan fingerprint density at radius 3 is 2.90 bits per heavy atom. The summed E-state index contributed by atoms with van der Waals surface area (Å²) in [5, 5.41) is 29.8. The van der Waals surface area contributed by atoms with Crippen LogP contribution in [-0.2, 0) is 6.54 Å². The molecule has 0 aliphatic rings. The highest BCUT2D eigenvalue weighted by Crippen LogP contribution is 2.27. The topological polar surface area (TPSA) is 123 Å². The lowest BCUT2D eigenvalue weighted by Gasteiger charge is -2.09. The molecule has 1 heterocycles. The number of aromatic nitrogens is 3. The van der Waals surface area contributed by atoms with E-state index in [0.29, 0.717) is 18.8 Å². The molecule has 1 aromatic heterocycles. The van der Waals surface area contributed by atoms with Gasteiger partial charge in [-0.15, -0.1) is 5.10 Å². The molecular weight excluding hydrogens is 278 g/mol. The third kappa shape index (κ3) is 3.32. The van der Waals surface area contributed by atoms with Crippen molar-refractivity contribution in [1.29, 1.82) is 0 Å². The first-order chi connectivity index (χ1) is 9.99. The fourth-order valence-corrected chi connectivity index (χ4v) is 1.84. The number of rotatable bonds is 6. The first kappa shape index (κ1) is 14.4. The average Bonchev–Trinajstić information content (AvgIpc) is 2.89. The Kier molecular flexibility index (Phi) is 4.12. The van der Waals surface area contributed by atoms with Crippen molar-refractivity contribution in [2.24, 2.45) is 0 Å². The van der Waals surface area contributed by atoms with Crippen LogP contribution in [0.25, 0.3) is 0 Å². The molecule has 21 heavy (non-hydrogen) atoms. The summed E-state index contributed by atoms with van der Waals surface area (Å²) >= 11 is 0. The first-order valence-electron chi connectivity index (χ1n) is 6.10. The first-order valence-corrected chi connectivity index (χ1v) is 6.10. The van der Waals surface area contributed by atoms with E-state index < -0.39 is 10.9 Å². The molecule has 0 unspecified atom stereocenters. The molecule has 0 saturated carbocycles. The minimum absolute atomic E-state index is 0.000171. The van der Waals surface area contributed by atoms with Gasteiger partial charge < -0.3 is 10.4 Å². The molecule has 2 aromatic rings. The number of aromatic carboxylic acids is 1. The van der Waals surface area contributed by atoms with Gasteiger partial charge in [-0.2, -0.15) is 0 Å². The molecule has 2 rings (SSSR count). The molecule has 2 N–H and O–H groups in total. The van der Waals surface area contributed by atoms with E-state index in [-0.39, 0.29) is 11.4 Å². The van der Waals surface area contributed by atoms with Gasteiger partial charge in [0.05, 0.1) is 17.7 Å². The van der Waals surface area contributed by atoms with Crippen LogP contribution in [0.15, 0.2) is 24.4 Å². The Hall–Kier alpha value is -2.97. The average molecular weight is 291 g/mol. The van der Waals surface area contributed by atoms with Crippen LogP contribution in [0.3, 0.4) is 0 Å². The maximum absolute atomic E-state index is 11.0. The number of nitro benzene ring substituents is 1. The van der Waals surface area contributed by atoms with Crippen LogP contribution in [0.2, 0.25) is 0 Å². The third-order valence-electron chi connectivity index (χ3n) is 2.85. The second-order valence-electron chi connectivity index (χ2n) is 4.32. The number of nitrogens with one attached hydrogen (secondary N) is 1. The number of para-hydroxylation sites is 1. The van der Waals surface area contributed by atoms with E-state index in [2.05, 4.69) is 15.6 Å². The van der Waals surface area contributed by atoms with Crippen LogP contribution < -0.4 is 5.32 Å². The van der Waals surface area contributed by atoms with E-state index >= 15 is 0 Å². The van der Waals surface area contributed by atoms with E-state index in [9.17, 15) is 14.9 Å². The lowest BCUT2D eigenvalue weighted by molar-refractivity contribution is -0.384. The van der Waals surface area contributed by atoms with Crippen molar-refractivity contribution in [3.8, 4) is 0 Å². The molecule has 0 atom stereocenters. The molecule has 110 valence electrons. The van der Waals surface area contributed by atoms with Gasteiger partial charge in [-0.25, -0.2) is 9.48 Å². The Morgan fingerprint density at radius 1 is 1.52 bits per heavy atom. The second kappa shape index (κ2) is 5.99. The van der Waals surface area contributed by atoms with Gasteiger partial charge in [-0.1, -0.05) is 17.3 Å². The van der Waals surface area contributed by atoms with Crippen molar-refractivity contribution in [3.63, 3.8) is 0 Å².